The molecular weight excluding hydrogens is 162 g/mol. The lowest BCUT2D eigenvalue weighted by Crippen LogP contribution is -2.67. The van der Waals surface area contributed by atoms with Crippen molar-refractivity contribution in [2.45, 2.75) is 31.3 Å². The van der Waals surface area contributed by atoms with E-state index in [1.165, 1.54) is 49.8 Å². The zero-order chi connectivity index (χ0) is 8.94. The van der Waals surface area contributed by atoms with Gasteiger partial charge in [-0.05, 0) is 12.8 Å². The molecule has 4 fully saturated rings. The molecule has 1 spiro atoms. The molecule has 2 bridgehead atoms. The second kappa shape index (κ2) is 2.48. The summed E-state index contributed by atoms with van der Waals surface area (Å²) in [7, 11) is 2.42. The molecule has 0 aromatic heterocycles. The van der Waals surface area contributed by atoms with Crippen LogP contribution in [0.15, 0.2) is 0 Å². The number of rotatable bonds is 0. The van der Waals surface area contributed by atoms with Crippen molar-refractivity contribution < 1.29 is 9.22 Å². The van der Waals surface area contributed by atoms with E-state index in [2.05, 4.69) is 7.05 Å². The molecule has 4 aliphatic heterocycles. The Balaban J connectivity index is 1.90. The highest BCUT2D eigenvalue weighted by Crippen LogP contribution is 2.46. The Morgan fingerprint density at radius 2 is 2.08 bits per heavy atom. The van der Waals surface area contributed by atoms with Gasteiger partial charge in [0.2, 0.25) is 0 Å². The van der Waals surface area contributed by atoms with Crippen LogP contribution in [0, 0.1) is 5.92 Å². The van der Waals surface area contributed by atoms with Crippen LogP contribution in [0.25, 0.3) is 0 Å². The van der Waals surface area contributed by atoms with Crippen LogP contribution in [0.4, 0.5) is 0 Å². The lowest BCUT2D eigenvalue weighted by molar-refractivity contribution is -0.933. The van der Waals surface area contributed by atoms with Crippen LogP contribution in [0.3, 0.4) is 0 Å². The van der Waals surface area contributed by atoms with Crippen molar-refractivity contribution in [3.8, 4) is 0 Å². The minimum absolute atomic E-state index is 0.325. The van der Waals surface area contributed by atoms with Crippen molar-refractivity contribution in [3.63, 3.8) is 0 Å². The second-order valence-corrected chi connectivity index (χ2v) is 5.52. The third-order valence-electron chi connectivity index (χ3n) is 4.56. The number of piperidine rings is 3. The van der Waals surface area contributed by atoms with Crippen LogP contribution in [0.5, 0.6) is 0 Å². The van der Waals surface area contributed by atoms with E-state index in [0.717, 1.165) is 12.5 Å². The zero-order valence-corrected chi connectivity index (χ0v) is 8.59. The van der Waals surface area contributed by atoms with Gasteiger partial charge >= 0.3 is 0 Å². The molecule has 0 aromatic rings. The molecule has 0 N–H and O–H groups in total. The summed E-state index contributed by atoms with van der Waals surface area (Å²) in [5.41, 5.74) is 0.325. The first-order valence-corrected chi connectivity index (χ1v) is 5.70. The fraction of sp³-hybridized carbons (Fsp3) is 1.00. The van der Waals surface area contributed by atoms with E-state index >= 15 is 0 Å². The van der Waals surface area contributed by atoms with E-state index in [0.29, 0.717) is 5.60 Å². The average Bonchev–Trinajstić information content (AvgIpc) is 2.53. The van der Waals surface area contributed by atoms with Gasteiger partial charge in [-0.2, -0.15) is 0 Å². The van der Waals surface area contributed by atoms with Gasteiger partial charge in [-0.25, -0.2) is 0 Å². The SMILES string of the molecule is C[N+]12CCC(CC1)C1(CCCO1)C2. The molecule has 4 heterocycles. The molecule has 4 saturated heterocycles. The summed E-state index contributed by atoms with van der Waals surface area (Å²) in [6.07, 6.45) is 5.47. The van der Waals surface area contributed by atoms with Crippen molar-refractivity contribution in [1.29, 1.82) is 0 Å². The van der Waals surface area contributed by atoms with E-state index < -0.39 is 0 Å². The van der Waals surface area contributed by atoms with E-state index in [4.69, 9.17) is 4.74 Å². The topological polar surface area (TPSA) is 9.23 Å². The second-order valence-electron chi connectivity index (χ2n) is 5.52. The number of likely N-dealkylation sites (N-methyl/N-ethyl adjacent to an activating group) is 1. The fourth-order valence-corrected chi connectivity index (χ4v) is 3.82. The molecule has 13 heavy (non-hydrogen) atoms. The van der Waals surface area contributed by atoms with Crippen molar-refractivity contribution in [2.75, 3.05) is 33.3 Å². The van der Waals surface area contributed by atoms with Crippen LogP contribution in [0.1, 0.15) is 25.7 Å². The van der Waals surface area contributed by atoms with E-state index in [-0.39, 0.29) is 0 Å². The number of fused-ring (bicyclic) bond motifs is 2. The highest BCUT2D eigenvalue weighted by Gasteiger charge is 2.55. The lowest BCUT2D eigenvalue weighted by Gasteiger charge is -2.55. The van der Waals surface area contributed by atoms with Crippen molar-refractivity contribution >= 4 is 0 Å². The Bertz CT molecular complexity index is 212. The van der Waals surface area contributed by atoms with Gasteiger partial charge in [0.15, 0.2) is 0 Å². The van der Waals surface area contributed by atoms with Crippen LogP contribution in [-0.2, 0) is 4.74 Å². The maximum Gasteiger partial charge on any atom is 0.120 e. The zero-order valence-electron chi connectivity index (χ0n) is 8.59. The third-order valence-corrected chi connectivity index (χ3v) is 4.56. The largest absolute Gasteiger partial charge is 0.369 e. The Kier molecular flexibility index (Phi) is 1.58. The average molecular weight is 182 g/mol. The predicted octanol–water partition coefficient (Wildman–Crippen LogP) is 1.41. The molecule has 0 radical (unpaired) electrons. The van der Waals surface area contributed by atoms with Crippen LogP contribution in [-0.4, -0.2) is 43.4 Å². The van der Waals surface area contributed by atoms with Gasteiger partial charge in [0, 0.05) is 25.4 Å². The first kappa shape index (κ1) is 8.25. The fourth-order valence-electron chi connectivity index (χ4n) is 3.82. The quantitative estimate of drug-likeness (QED) is 0.515. The summed E-state index contributed by atoms with van der Waals surface area (Å²) >= 11 is 0. The Morgan fingerprint density at radius 1 is 1.31 bits per heavy atom. The summed E-state index contributed by atoms with van der Waals surface area (Å²) in [6.45, 7) is 5.12. The summed E-state index contributed by atoms with van der Waals surface area (Å²) < 4.78 is 7.35. The summed E-state index contributed by atoms with van der Waals surface area (Å²) in [5.74, 6) is 0.898. The number of hydrogen-bond acceptors (Lipinski definition) is 1. The van der Waals surface area contributed by atoms with Gasteiger partial charge in [-0.15, -0.1) is 0 Å². The molecular formula is C11H20NO+. The maximum absolute atomic E-state index is 6.06. The first-order chi connectivity index (χ1) is 6.23. The number of nitrogens with zero attached hydrogens (tertiary/aromatic N) is 1. The third kappa shape index (κ3) is 1.08. The summed E-state index contributed by atoms with van der Waals surface area (Å²) in [4.78, 5) is 0. The Hall–Kier alpha value is -0.0800. The van der Waals surface area contributed by atoms with Crippen LogP contribution in [0.2, 0.25) is 0 Å². The smallest absolute Gasteiger partial charge is 0.120 e. The molecule has 0 aliphatic carbocycles. The Morgan fingerprint density at radius 3 is 2.62 bits per heavy atom. The predicted molar refractivity (Wildman–Crippen MR) is 51.4 cm³/mol. The van der Waals surface area contributed by atoms with Crippen molar-refractivity contribution in [1.82, 2.24) is 0 Å². The number of quaternary nitrogens is 1. The molecule has 1 atom stereocenters. The van der Waals surface area contributed by atoms with Crippen molar-refractivity contribution in [3.05, 3.63) is 0 Å². The highest BCUT2D eigenvalue weighted by atomic mass is 16.5. The van der Waals surface area contributed by atoms with Gasteiger partial charge < -0.3 is 9.22 Å². The van der Waals surface area contributed by atoms with Gasteiger partial charge in [0.1, 0.15) is 12.1 Å². The van der Waals surface area contributed by atoms with Gasteiger partial charge in [0.25, 0.3) is 0 Å². The normalized spacial score (nSPS) is 54.7. The molecule has 0 saturated carbocycles. The minimum Gasteiger partial charge on any atom is -0.369 e. The van der Waals surface area contributed by atoms with E-state index in [1.54, 1.807) is 0 Å². The Labute approximate surface area is 80.5 Å². The van der Waals surface area contributed by atoms with Crippen LogP contribution >= 0.6 is 0 Å². The molecule has 0 aromatic carbocycles. The van der Waals surface area contributed by atoms with Crippen molar-refractivity contribution in [2.24, 2.45) is 5.92 Å². The molecule has 1 unspecified atom stereocenters. The summed E-state index contributed by atoms with van der Waals surface area (Å²) in [6, 6.07) is 0. The number of hydrogen-bond donors (Lipinski definition) is 0. The standard InChI is InChI=1S/C11H20NO/c1-12-6-3-10(4-7-12)11(9-12)5-2-8-13-11/h10H,2-9H2,1H3/q+1. The number of ether oxygens (including phenoxy) is 1. The maximum atomic E-state index is 6.06. The monoisotopic (exact) mass is 182 g/mol. The summed E-state index contributed by atoms with van der Waals surface area (Å²) in [5, 5.41) is 0. The first-order valence-electron chi connectivity index (χ1n) is 5.70. The minimum atomic E-state index is 0.325. The van der Waals surface area contributed by atoms with E-state index in [9.17, 15) is 0 Å². The van der Waals surface area contributed by atoms with Gasteiger partial charge in [-0.1, -0.05) is 0 Å². The van der Waals surface area contributed by atoms with Crippen LogP contribution < -0.4 is 0 Å². The van der Waals surface area contributed by atoms with E-state index in [1.807, 2.05) is 0 Å². The lowest BCUT2D eigenvalue weighted by atomic mass is 9.72. The molecule has 74 valence electrons. The van der Waals surface area contributed by atoms with Gasteiger partial charge in [0.05, 0.1) is 20.1 Å². The molecule has 2 nitrogen and oxygen atoms in total. The highest BCUT2D eigenvalue weighted by molar-refractivity contribution is 4.96. The molecule has 4 rings (SSSR count). The molecule has 2 heteroatoms. The molecule has 4 aliphatic rings. The van der Waals surface area contributed by atoms with Gasteiger partial charge in [-0.3, -0.25) is 0 Å². The molecule has 0 amide bonds.